The van der Waals surface area contributed by atoms with E-state index in [9.17, 15) is 9.59 Å². The molecule has 30 heavy (non-hydrogen) atoms. The molecule has 0 fully saturated rings. The van der Waals surface area contributed by atoms with Gasteiger partial charge in [-0.15, -0.1) is 0 Å². The van der Waals surface area contributed by atoms with Gasteiger partial charge in [-0.25, -0.2) is 0 Å². The van der Waals surface area contributed by atoms with Crippen molar-refractivity contribution in [3.05, 3.63) is 63.1 Å². The molecule has 0 bridgehead atoms. The van der Waals surface area contributed by atoms with Crippen LogP contribution in [0.2, 0.25) is 10.0 Å². The third-order valence-corrected chi connectivity index (χ3v) is 5.36. The molecule has 0 spiro atoms. The van der Waals surface area contributed by atoms with Gasteiger partial charge in [-0.05, 0) is 63.9 Å². The highest BCUT2D eigenvalue weighted by molar-refractivity contribution is 6.42. The van der Waals surface area contributed by atoms with E-state index in [0.717, 1.165) is 16.7 Å². The van der Waals surface area contributed by atoms with Crippen molar-refractivity contribution in [2.45, 2.75) is 53.2 Å². The summed E-state index contributed by atoms with van der Waals surface area (Å²) in [7, 11) is 0. The molecule has 162 valence electrons. The van der Waals surface area contributed by atoms with Gasteiger partial charge < -0.3 is 15.0 Å². The van der Waals surface area contributed by atoms with Gasteiger partial charge in [-0.1, -0.05) is 47.0 Å². The zero-order valence-corrected chi connectivity index (χ0v) is 19.5. The highest BCUT2D eigenvalue weighted by Crippen LogP contribution is 2.24. The Bertz CT molecular complexity index is 915. The molecule has 2 rings (SSSR count). The first kappa shape index (κ1) is 24.0. The molecule has 2 amide bonds. The monoisotopic (exact) mass is 450 g/mol. The lowest BCUT2D eigenvalue weighted by molar-refractivity contribution is -0.142. The summed E-state index contributed by atoms with van der Waals surface area (Å²) in [6, 6.07) is 10.2. The van der Waals surface area contributed by atoms with Gasteiger partial charge in [-0.3, -0.25) is 9.59 Å². The lowest BCUT2D eigenvalue weighted by Gasteiger charge is -2.29. The van der Waals surface area contributed by atoms with Crippen molar-refractivity contribution < 1.29 is 14.3 Å². The van der Waals surface area contributed by atoms with E-state index in [2.05, 4.69) is 5.32 Å². The molecule has 0 aliphatic heterocycles. The van der Waals surface area contributed by atoms with Gasteiger partial charge in [0.2, 0.25) is 5.91 Å². The summed E-state index contributed by atoms with van der Waals surface area (Å²) < 4.78 is 5.76. The van der Waals surface area contributed by atoms with Crippen LogP contribution in [-0.4, -0.2) is 35.4 Å². The predicted octanol–water partition coefficient (Wildman–Crippen LogP) is 4.93. The van der Waals surface area contributed by atoms with Gasteiger partial charge in [-0.2, -0.15) is 0 Å². The van der Waals surface area contributed by atoms with Crippen LogP contribution in [0.15, 0.2) is 36.4 Å². The zero-order chi connectivity index (χ0) is 22.4. The minimum Gasteiger partial charge on any atom is -0.483 e. The Morgan fingerprint density at radius 2 is 1.73 bits per heavy atom. The topological polar surface area (TPSA) is 58.6 Å². The molecule has 7 heteroatoms. The van der Waals surface area contributed by atoms with Crippen molar-refractivity contribution in [1.82, 2.24) is 10.2 Å². The first-order chi connectivity index (χ1) is 14.1. The van der Waals surface area contributed by atoms with Crippen LogP contribution >= 0.6 is 23.2 Å². The van der Waals surface area contributed by atoms with Gasteiger partial charge in [0.15, 0.2) is 6.61 Å². The molecular weight excluding hydrogens is 423 g/mol. The number of benzene rings is 2. The van der Waals surface area contributed by atoms with E-state index in [1.165, 1.54) is 4.90 Å². The van der Waals surface area contributed by atoms with Gasteiger partial charge in [0, 0.05) is 12.6 Å². The molecule has 0 unspecified atom stereocenters. The van der Waals surface area contributed by atoms with Crippen molar-refractivity contribution in [3.8, 4) is 5.75 Å². The number of carbonyl (C=O) groups excluding carboxylic acids is 2. The highest BCUT2D eigenvalue weighted by Gasteiger charge is 2.27. The van der Waals surface area contributed by atoms with Gasteiger partial charge in [0.05, 0.1) is 10.0 Å². The molecule has 0 heterocycles. The lowest BCUT2D eigenvalue weighted by atomic mass is 10.1. The maximum Gasteiger partial charge on any atom is 0.261 e. The Labute approximate surface area is 188 Å². The highest BCUT2D eigenvalue weighted by atomic mass is 35.5. The van der Waals surface area contributed by atoms with E-state index in [0.29, 0.717) is 15.8 Å². The van der Waals surface area contributed by atoms with E-state index < -0.39 is 6.04 Å². The van der Waals surface area contributed by atoms with Gasteiger partial charge >= 0.3 is 0 Å². The third-order valence-electron chi connectivity index (χ3n) is 4.62. The second-order valence-electron chi connectivity index (χ2n) is 7.67. The maximum absolute atomic E-state index is 13.0. The van der Waals surface area contributed by atoms with Crippen LogP contribution in [0.4, 0.5) is 0 Å². The molecular formula is C23H28Cl2N2O3. The number of aryl methyl sites for hydroxylation is 2. The normalized spacial score (nSPS) is 11.9. The number of hydrogen-bond acceptors (Lipinski definition) is 3. The number of rotatable bonds is 8. The molecule has 0 saturated carbocycles. The maximum atomic E-state index is 13.0. The first-order valence-electron chi connectivity index (χ1n) is 9.82. The van der Waals surface area contributed by atoms with Crippen LogP contribution in [-0.2, 0) is 16.1 Å². The number of hydrogen-bond donors (Lipinski definition) is 1. The number of carbonyl (C=O) groups is 2. The summed E-state index contributed by atoms with van der Waals surface area (Å²) in [4.78, 5) is 27.1. The Kier molecular flexibility index (Phi) is 8.56. The van der Waals surface area contributed by atoms with Crippen molar-refractivity contribution in [2.24, 2.45) is 0 Å². The van der Waals surface area contributed by atoms with Crippen molar-refractivity contribution >= 4 is 35.0 Å². The molecule has 0 aromatic heterocycles. The molecule has 1 N–H and O–H groups in total. The van der Waals surface area contributed by atoms with E-state index in [-0.39, 0.29) is 31.0 Å². The number of halogens is 2. The number of amides is 2. The first-order valence-corrected chi connectivity index (χ1v) is 10.6. The van der Waals surface area contributed by atoms with Crippen LogP contribution in [0.1, 0.15) is 37.5 Å². The average Bonchev–Trinajstić information content (AvgIpc) is 2.66. The van der Waals surface area contributed by atoms with Gasteiger partial charge in [0.1, 0.15) is 11.8 Å². The fourth-order valence-corrected chi connectivity index (χ4v) is 3.33. The fraction of sp³-hybridized carbons (Fsp3) is 0.391. The quantitative estimate of drug-likeness (QED) is 0.619. The minimum atomic E-state index is -0.683. The van der Waals surface area contributed by atoms with Crippen LogP contribution in [0.25, 0.3) is 0 Å². The van der Waals surface area contributed by atoms with Crippen molar-refractivity contribution in [1.29, 1.82) is 0 Å². The molecule has 0 saturated heterocycles. The molecule has 2 aromatic rings. The standard InChI is InChI=1S/C23H28Cl2N2O3/c1-14(2)26-23(29)17(5)27(12-18-7-8-19(24)20(25)11-18)22(28)13-30-21-9-6-15(3)10-16(21)4/h6-11,14,17H,12-13H2,1-5H3,(H,26,29)/t17-/m0/s1. The molecule has 0 aliphatic carbocycles. The number of nitrogens with one attached hydrogen (secondary N) is 1. The smallest absolute Gasteiger partial charge is 0.261 e. The fourth-order valence-electron chi connectivity index (χ4n) is 3.01. The minimum absolute atomic E-state index is 0.0339. The molecule has 0 aliphatic rings. The SMILES string of the molecule is Cc1ccc(OCC(=O)N(Cc2ccc(Cl)c(Cl)c2)[C@@H](C)C(=O)NC(C)C)c(C)c1. The van der Waals surface area contributed by atoms with Crippen LogP contribution < -0.4 is 10.1 Å². The summed E-state index contributed by atoms with van der Waals surface area (Å²) >= 11 is 12.1. The lowest BCUT2D eigenvalue weighted by Crippen LogP contribution is -2.50. The van der Waals surface area contributed by atoms with E-state index >= 15 is 0 Å². The van der Waals surface area contributed by atoms with Gasteiger partial charge in [0.25, 0.3) is 5.91 Å². The molecule has 0 radical (unpaired) electrons. The summed E-state index contributed by atoms with van der Waals surface area (Å²) in [5, 5.41) is 3.68. The Morgan fingerprint density at radius 1 is 1.03 bits per heavy atom. The number of nitrogens with zero attached hydrogens (tertiary/aromatic N) is 1. The van der Waals surface area contributed by atoms with Crippen LogP contribution in [0.5, 0.6) is 5.75 Å². The van der Waals surface area contributed by atoms with E-state index in [1.807, 2.05) is 45.9 Å². The predicted molar refractivity (Wildman–Crippen MR) is 121 cm³/mol. The third kappa shape index (κ3) is 6.64. The molecule has 1 atom stereocenters. The molecule has 5 nitrogen and oxygen atoms in total. The van der Waals surface area contributed by atoms with Crippen molar-refractivity contribution in [3.63, 3.8) is 0 Å². The summed E-state index contributed by atoms with van der Waals surface area (Å²) in [6.07, 6.45) is 0. The van der Waals surface area contributed by atoms with Crippen LogP contribution in [0.3, 0.4) is 0 Å². The van der Waals surface area contributed by atoms with Crippen molar-refractivity contribution in [2.75, 3.05) is 6.61 Å². The summed E-state index contributed by atoms with van der Waals surface area (Å²) in [6.45, 7) is 9.40. The Morgan fingerprint density at radius 3 is 2.33 bits per heavy atom. The average molecular weight is 451 g/mol. The molecule has 2 aromatic carbocycles. The zero-order valence-electron chi connectivity index (χ0n) is 18.0. The summed E-state index contributed by atoms with van der Waals surface area (Å²) in [5.41, 5.74) is 2.84. The van der Waals surface area contributed by atoms with E-state index in [1.54, 1.807) is 25.1 Å². The van der Waals surface area contributed by atoms with E-state index in [4.69, 9.17) is 27.9 Å². The summed E-state index contributed by atoms with van der Waals surface area (Å²) in [5.74, 6) is 0.111. The Balaban J connectivity index is 2.20. The number of ether oxygens (including phenoxy) is 1. The largest absolute Gasteiger partial charge is 0.483 e. The second-order valence-corrected chi connectivity index (χ2v) is 8.48. The van der Waals surface area contributed by atoms with Crippen LogP contribution in [0, 0.1) is 13.8 Å². The second kappa shape index (κ2) is 10.7. The Hall–Kier alpha value is -2.24.